The van der Waals surface area contributed by atoms with E-state index in [1.54, 1.807) is 11.4 Å². The lowest BCUT2D eigenvalue weighted by Gasteiger charge is -2.14. The van der Waals surface area contributed by atoms with E-state index >= 15 is 0 Å². The van der Waals surface area contributed by atoms with E-state index in [0.29, 0.717) is 41.6 Å². The SMILES string of the molecule is CSc1nc2nc(C)c(CC(=O)OCC(=O)N3CCCC3=O)c(C)n2n1. The molecule has 10 heteroatoms. The average Bonchev–Trinajstić information content (AvgIpc) is 3.22. The molecule has 1 saturated heterocycles. The van der Waals surface area contributed by atoms with Crippen molar-refractivity contribution in [1.29, 1.82) is 0 Å². The van der Waals surface area contributed by atoms with Crippen LogP contribution in [0.2, 0.25) is 0 Å². The molecule has 26 heavy (non-hydrogen) atoms. The molecule has 138 valence electrons. The van der Waals surface area contributed by atoms with Crippen molar-refractivity contribution >= 4 is 35.3 Å². The summed E-state index contributed by atoms with van der Waals surface area (Å²) in [5.41, 5.74) is 2.09. The number of imide groups is 1. The topological polar surface area (TPSA) is 107 Å². The van der Waals surface area contributed by atoms with Crippen molar-refractivity contribution in [3.8, 4) is 0 Å². The molecule has 2 amide bonds. The number of aryl methyl sites for hydroxylation is 2. The molecule has 0 unspecified atom stereocenters. The van der Waals surface area contributed by atoms with Crippen LogP contribution in [-0.2, 0) is 25.5 Å². The van der Waals surface area contributed by atoms with Crippen molar-refractivity contribution in [3.63, 3.8) is 0 Å². The molecule has 3 rings (SSSR count). The van der Waals surface area contributed by atoms with Crippen LogP contribution in [0.25, 0.3) is 5.78 Å². The number of hydrogen-bond acceptors (Lipinski definition) is 8. The number of esters is 1. The summed E-state index contributed by atoms with van der Waals surface area (Å²) in [6, 6.07) is 0. The maximum absolute atomic E-state index is 12.2. The van der Waals surface area contributed by atoms with E-state index in [9.17, 15) is 14.4 Å². The lowest BCUT2D eigenvalue weighted by atomic mass is 10.1. The van der Waals surface area contributed by atoms with E-state index in [1.165, 1.54) is 11.8 Å². The lowest BCUT2D eigenvalue weighted by Crippen LogP contribution is -2.35. The van der Waals surface area contributed by atoms with E-state index < -0.39 is 18.5 Å². The van der Waals surface area contributed by atoms with Gasteiger partial charge in [-0.3, -0.25) is 19.3 Å². The van der Waals surface area contributed by atoms with Crippen LogP contribution in [0, 0.1) is 13.8 Å². The van der Waals surface area contributed by atoms with Crippen LogP contribution in [0.5, 0.6) is 0 Å². The molecule has 0 aliphatic carbocycles. The number of ether oxygens (including phenoxy) is 1. The van der Waals surface area contributed by atoms with Crippen molar-refractivity contribution in [3.05, 3.63) is 17.0 Å². The van der Waals surface area contributed by atoms with Crippen LogP contribution in [0.3, 0.4) is 0 Å². The largest absolute Gasteiger partial charge is 0.455 e. The van der Waals surface area contributed by atoms with E-state index in [4.69, 9.17) is 4.74 Å². The van der Waals surface area contributed by atoms with Gasteiger partial charge in [0, 0.05) is 29.9 Å². The zero-order valence-corrected chi connectivity index (χ0v) is 15.6. The van der Waals surface area contributed by atoms with Crippen LogP contribution < -0.4 is 0 Å². The highest BCUT2D eigenvalue weighted by molar-refractivity contribution is 7.98. The number of carbonyl (C=O) groups excluding carboxylic acids is 3. The van der Waals surface area contributed by atoms with Gasteiger partial charge in [-0.25, -0.2) is 9.50 Å². The molecule has 1 fully saturated rings. The van der Waals surface area contributed by atoms with Gasteiger partial charge < -0.3 is 4.74 Å². The molecule has 2 aromatic heterocycles. The highest BCUT2D eigenvalue weighted by atomic mass is 32.2. The van der Waals surface area contributed by atoms with Crippen molar-refractivity contribution in [2.75, 3.05) is 19.4 Å². The predicted octanol–water partition coefficient (Wildman–Crippen LogP) is 0.698. The molecular weight excluding hydrogens is 358 g/mol. The summed E-state index contributed by atoms with van der Waals surface area (Å²) >= 11 is 1.41. The van der Waals surface area contributed by atoms with Crippen LogP contribution in [0.1, 0.15) is 29.8 Å². The number of thioether (sulfide) groups is 1. The summed E-state index contributed by atoms with van der Waals surface area (Å²) in [7, 11) is 0. The fraction of sp³-hybridized carbons (Fsp3) is 0.500. The van der Waals surface area contributed by atoms with Gasteiger partial charge in [0.15, 0.2) is 6.61 Å². The second-order valence-corrected chi connectivity index (χ2v) is 6.73. The van der Waals surface area contributed by atoms with E-state index in [0.717, 1.165) is 10.6 Å². The standard InChI is InChI=1S/C16H19N5O4S/c1-9-11(10(2)21-15(17-9)18-16(19-21)26-3)7-14(24)25-8-13(23)20-6-4-5-12(20)22/h4-8H2,1-3H3. The van der Waals surface area contributed by atoms with E-state index in [1.807, 2.05) is 13.2 Å². The quantitative estimate of drug-likeness (QED) is 0.554. The number of nitrogens with zero attached hydrogens (tertiary/aromatic N) is 5. The zero-order chi connectivity index (χ0) is 18.8. The third kappa shape index (κ3) is 3.55. The molecule has 1 aliphatic rings. The first-order valence-corrected chi connectivity index (χ1v) is 9.39. The molecule has 0 aromatic carbocycles. The minimum absolute atomic E-state index is 0.0315. The molecule has 0 N–H and O–H groups in total. The molecule has 0 spiro atoms. The molecule has 3 heterocycles. The molecule has 0 radical (unpaired) electrons. The second kappa shape index (κ2) is 7.40. The lowest BCUT2D eigenvalue weighted by molar-refractivity contribution is -0.154. The Balaban J connectivity index is 1.69. The van der Waals surface area contributed by atoms with Crippen LogP contribution >= 0.6 is 11.8 Å². The second-order valence-electron chi connectivity index (χ2n) is 5.95. The van der Waals surface area contributed by atoms with Gasteiger partial charge >= 0.3 is 5.97 Å². The Bertz CT molecular complexity index is 894. The number of rotatable bonds is 5. The summed E-state index contributed by atoms with van der Waals surface area (Å²) in [5.74, 6) is -0.779. The highest BCUT2D eigenvalue weighted by Crippen LogP contribution is 2.17. The van der Waals surface area contributed by atoms with Crippen molar-refractivity contribution in [2.24, 2.45) is 0 Å². The highest BCUT2D eigenvalue weighted by Gasteiger charge is 2.27. The number of hydrogen-bond donors (Lipinski definition) is 0. The van der Waals surface area contributed by atoms with Gasteiger partial charge in [0.05, 0.1) is 6.42 Å². The Morgan fingerprint density at radius 2 is 2.04 bits per heavy atom. The summed E-state index contributed by atoms with van der Waals surface area (Å²) < 4.78 is 6.65. The summed E-state index contributed by atoms with van der Waals surface area (Å²) in [6.45, 7) is 3.57. The van der Waals surface area contributed by atoms with Gasteiger partial charge in [-0.2, -0.15) is 4.98 Å². The van der Waals surface area contributed by atoms with Gasteiger partial charge in [0.1, 0.15) is 0 Å². The van der Waals surface area contributed by atoms with Crippen molar-refractivity contribution < 1.29 is 19.1 Å². The normalized spacial score (nSPS) is 14.3. The summed E-state index contributed by atoms with van der Waals surface area (Å²) in [6.07, 6.45) is 2.85. The summed E-state index contributed by atoms with van der Waals surface area (Å²) in [5, 5.41) is 4.93. The van der Waals surface area contributed by atoms with E-state index in [2.05, 4.69) is 15.1 Å². The Kier molecular flexibility index (Phi) is 5.21. The Labute approximate surface area is 154 Å². The van der Waals surface area contributed by atoms with Gasteiger partial charge in [-0.15, -0.1) is 5.10 Å². The van der Waals surface area contributed by atoms with Crippen LogP contribution in [-0.4, -0.2) is 61.7 Å². The molecule has 1 aliphatic heterocycles. The van der Waals surface area contributed by atoms with Gasteiger partial charge in [-0.05, 0) is 26.5 Å². The fourth-order valence-corrected chi connectivity index (χ4v) is 3.20. The zero-order valence-electron chi connectivity index (χ0n) is 14.8. The van der Waals surface area contributed by atoms with Crippen molar-refractivity contribution in [1.82, 2.24) is 24.5 Å². The number of fused-ring (bicyclic) bond motifs is 1. The minimum Gasteiger partial charge on any atom is -0.455 e. The van der Waals surface area contributed by atoms with Gasteiger partial charge in [-0.1, -0.05) is 11.8 Å². The van der Waals surface area contributed by atoms with Gasteiger partial charge in [0.2, 0.25) is 11.1 Å². The number of amides is 2. The van der Waals surface area contributed by atoms with Gasteiger partial charge in [0.25, 0.3) is 11.7 Å². The molecular formula is C16H19N5O4S. The first kappa shape index (κ1) is 18.3. The molecule has 9 nitrogen and oxygen atoms in total. The smallest absolute Gasteiger partial charge is 0.310 e. The maximum Gasteiger partial charge on any atom is 0.310 e. The van der Waals surface area contributed by atoms with Crippen LogP contribution in [0.15, 0.2) is 5.16 Å². The van der Waals surface area contributed by atoms with Crippen molar-refractivity contribution in [2.45, 2.75) is 38.3 Å². The summed E-state index contributed by atoms with van der Waals surface area (Å²) in [4.78, 5) is 45.4. The molecule has 0 atom stereocenters. The third-order valence-corrected chi connectivity index (χ3v) is 4.80. The molecule has 0 saturated carbocycles. The Morgan fingerprint density at radius 1 is 1.27 bits per heavy atom. The first-order chi connectivity index (χ1) is 12.4. The Morgan fingerprint density at radius 3 is 2.69 bits per heavy atom. The third-order valence-electron chi connectivity index (χ3n) is 4.26. The fourth-order valence-electron chi connectivity index (χ4n) is 2.86. The molecule has 2 aromatic rings. The Hall–Kier alpha value is -2.49. The average molecular weight is 377 g/mol. The molecule has 0 bridgehead atoms. The number of likely N-dealkylation sites (tertiary alicyclic amines) is 1. The maximum atomic E-state index is 12.2. The minimum atomic E-state index is -0.553. The number of carbonyl (C=O) groups is 3. The van der Waals surface area contributed by atoms with Crippen LogP contribution in [0.4, 0.5) is 0 Å². The monoisotopic (exact) mass is 377 g/mol. The predicted molar refractivity (Wildman–Crippen MR) is 92.7 cm³/mol. The first-order valence-electron chi connectivity index (χ1n) is 8.16. The number of aromatic nitrogens is 4. The van der Waals surface area contributed by atoms with E-state index in [-0.39, 0.29) is 12.3 Å².